The van der Waals surface area contributed by atoms with Crippen molar-refractivity contribution in [3.05, 3.63) is 89.5 Å². The summed E-state index contributed by atoms with van der Waals surface area (Å²) in [5, 5.41) is 19.5. The van der Waals surface area contributed by atoms with Crippen LogP contribution in [0.25, 0.3) is 0 Å². The molecule has 178 valence electrons. The Morgan fingerprint density at radius 1 is 1.33 bits per heavy atom. The highest BCUT2D eigenvalue weighted by Crippen LogP contribution is 2.42. The molecule has 0 saturated carbocycles. The van der Waals surface area contributed by atoms with Gasteiger partial charge < -0.3 is 24.4 Å². The maximum absolute atomic E-state index is 11.8. The second-order valence-electron chi connectivity index (χ2n) is 8.36. The molecule has 1 aliphatic rings. The number of rotatable bonds is 12. The van der Waals surface area contributed by atoms with Gasteiger partial charge in [0.15, 0.2) is 0 Å². The summed E-state index contributed by atoms with van der Waals surface area (Å²) in [7, 11) is 1.59. The first kappa shape index (κ1) is 26.2. The number of aliphatic hydroxyl groups is 2. The smallest absolute Gasteiger partial charge is 0.150 e. The number of methoxy groups -OCH3 is 1. The number of carbonyl (C=O) groups is 1. The molecule has 1 heterocycles. The Morgan fingerprint density at radius 2 is 2.06 bits per heavy atom. The minimum Gasteiger partial charge on any atom is -0.497 e. The van der Waals surface area contributed by atoms with Crippen LogP contribution in [0.1, 0.15) is 36.7 Å². The highest BCUT2D eigenvalue weighted by atomic mass is 16.5. The summed E-state index contributed by atoms with van der Waals surface area (Å²) < 4.78 is 17.1. The van der Waals surface area contributed by atoms with Crippen molar-refractivity contribution in [2.24, 2.45) is 5.92 Å². The van der Waals surface area contributed by atoms with E-state index in [-0.39, 0.29) is 13.2 Å². The summed E-state index contributed by atoms with van der Waals surface area (Å²) in [4.78, 5) is 11.8. The highest BCUT2D eigenvalue weighted by molar-refractivity contribution is 5.79. The maximum Gasteiger partial charge on any atom is 0.150 e. The summed E-state index contributed by atoms with van der Waals surface area (Å²) in [5.74, 6) is 1.45. The Hall–Kier alpha value is -3.09. The van der Waals surface area contributed by atoms with E-state index < -0.39 is 17.4 Å². The second-order valence-corrected chi connectivity index (χ2v) is 8.36. The normalized spacial score (nSPS) is 17.4. The third-order valence-corrected chi connectivity index (χ3v) is 5.90. The Balaban J connectivity index is 2.37. The van der Waals surface area contributed by atoms with Crippen molar-refractivity contribution >= 4 is 6.29 Å². The molecule has 2 atom stereocenters. The molecule has 1 aliphatic heterocycles. The largest absolute Gasteiger partial charge is 0.497 e. The van der Waals surface area contributed by atoms with Gasteiger partial charge in [-0.05, 0) is 67.8 Å². The fourth-order valence-corrected chi connectivity index (χ4v) is 3.79. The van der Waals surface area contributed by atoms with Gasteiger partial charge in [-0.25, -0.2) is 0 Å². The molecule has 0 aromatic heterocycles. The minimum absolute atomic E-state index is 0.0138. The molecule has 1 aromatic carbocycles. The molecule has 0 saturated heterocycles. The van der Waals surface area contributed by atoms with Crippen LogP contribution in [0.15, 0.2) is 78.3 Å². The molecule has 33 heavy (non-hydrogen) atoms. The highest BCUT2D eigenvalue weighted by Gasteiger charge is 2.35. The molecule has 0 fully saturated rings. The van der Waals surface area contributed by atoms with E-state index in [1.165, 1.54) is 6.08 Å². The maximum atomic E-state index is 11.8. The van der Waals surface area contributed by atoms with Crippen LogP contribution in [0, 0.1) is 5.92 Å². The van der Waals surface area contributed by atoms with Gasteiger partial charge in [-0.1, -0.05) is 18.7 Å². The van der Waals surface area contributed by atoms with Crippen molar-refractivity contribution in [2.45, 2.75) is 32.3 Å². The lowest BCUT2D eigenvalue weighted by molar-refractivity contribution is 0.0500. The molecular formula is C27H34O6. The molecule has 2 unspecified atom stereocenters. The third kappa shape index (κ3) is 6.03. The van der Waals surface area contributed by atoms with Gasteiger partial charge in [0.2, 0.25) is 0 Å². The van der Waals surface area contributed by atoms with Crippen LogP contribution in [0.4, 0.5) is 0 Å². The van der Waals surface area contributed by atoms with Crippen LogP contribution < -0.4 is 4.74 Å². The summed E-state index contributed by atoms with van der Waals surface area (Å²) in [5.41, 5.74) is 2.67. The Labute approximate surface area is 196 Å². The number of benzene rings is 1. The van der Waals surface area contributed by atoms with E-state index >= 15 is 0 Å². The van der Waals surface area contributed by atoms with Crippen LogP contribution >= 0.6 is 0 Å². The van der Waals surface area contributed by atoms with Gasteiger partial charge in [0.1, 0.15) is 36.8 Å². The lowest BCUT2D eigenvalue weighted by Crippen LogP contribution is -2.28. The lowest BCUT2D eigenvalue weighted by Gasteiger charge is -2.29. The topological polar surface area (TPSA) is 85.2 Å². The van der Waals surface area contributed by atoms with Crippen LogP contribution in [-0.2, 0) is 14.9 Å². The predicted octanol–water partition coefficient (Wildman–Crippen LogP) is 4.26. The summed E-state index contributed by atoms with van der Waals surface area (Å²) in [6.45, 7) is 13.5. The average Bonchev–Trinajstić information content (AvgIpc) is 3.20. The summed E-state index contributed by atoms with van der Waals surface area (Å²) in [6, 6.07) is 5.18. The number of allylic oxidation sites excluding steroid dienone is 4. The Bertz CT molecular complexity index is 967. The molecule has 0 spiro atoms. The number of hydrogen-bond acceptors (Lipinski definition) is 6. The molecule has 0 aliphatic carbocycles. The van der Waals surface area contributed by atoms with Gasteiger partial charge in [0.25, 0.3) is 0 Å². The molecule has 2 N–H and O–H groups in total. The van der Waals surface area contributed by atoms with E-state index in [4.69, 9.17) is 14.2 Å². The molecule has 6 heteroatoms. The van der Waals surface area contributed by atoms with Crippen molar-refractivity contribution in [1.29, 1.82) is 0 Å². The molecule has 2 rings (SSSR count). The number of aliphatic hydroxyl groups excluding tert-OH is 2. The first-order valence-corrected chi connectivity index (χ1v) is 10.8. The first-order valence-electron chi connectivity index (χ1n) is 10.8. The van der Waals surface area contributed by atoms with Gasteiger partial charge in [-0.2, -0.15) is 0 Å². The van der Waals surface area contributed by atoms with Crippen LogP contribution in [0.3, 0.4) is 0 Å². The van der Waals surface area contributed by atoms with Crippen molar-refractivity contribution in [3.63, 3.8) is 0 Å². The summed E-state index contributed by atoms with van der Waals surface area (Å²) in [6.07, 6.45) is 6.82. The zero-order valence-electron chi connectivity index (χ0n) is 19.8. The molecule has 0 amide bonds. The quantitative estimate of drug-likeness (QED) is 0.212. The Morgan fingerprint density at radius 3 is 2.64 bits per heavy atom. The van der Waals surface area contributed by atoms with Crippen molar-refractivity contribution in [1.82, 2.24) is 0 Å². The molecule has 1 aromatic rings. The van der Waals surface area contributed by atoms with E-state index in [0.29, 0.717) is 23.7 Å². The van der Waals surface area contributed by atoms with Crippen LogP contribution in [0.5, 0.6) is 5.75 Å². The van der Waals surface area contributed by atoms with Crippen molar-refractivity contribution in [3.8, 4) is 5.75 Å². The van der Waals surface area contributed by atoms with Gasteiger partial charge in [-0.15, -0.1) is 6.58 Å². The van der Waals surface area contributed by atoms with Gasteiger partial charge >= 0.3 is 0 Å². The van der Waals surface area contributed by atoms with Crippen molar-refractivity contribution < 1.29 is 29.2 Å². The monoisotopic (exact) mass is 454 g/mol. The van der Waals surface area contributed by atoms with E-state index in [2.05, 4.69) is 13.2 Å². The predicted molar refractivity (Wildman–Crippen MR) is 129 cm³/mol. The fourth-order valence-electron chi connectivity index (χ4n) is 3.79. The fraction of sp³-hybridized carbons (Fsp3) is 0.370. The number of carbonyl (C=O) groups excluding carboxylic acids is 1. The zero-order chi connectivity index (χ0) is 24.6. The SMILES string of the molecule is C=C/C(=C\C=C1/COC(C(C)(C)c2cc(OCC(O)C(C=C)CO)ccc2C=O)=C1C)OC. The first-order chi connectivity index (χ1) is 15.7. The van der Waals surface area contributed by atoms with E-state index in [1.807, 2.05) is 32.9 Å². The number of hydrogen-bond donors (Lipinski definition) is 2. The molecule has 0 radical (unpaired) electrons. The van der Waals surface area contributed by atoms with Crippen LogP contribution in [-0.4, -0.2) is 49.5 Å². The Kier molecular flexibility index (Phi) is 9.26. The standard InChI is InChI=1S/C27H34O6/c1-7-19(14-28)25(30)17-32-23-12-9-20(15-29)24(13-23)27(4,5)26-18(3)21(16-33-26)10-11-22(8-2)31-6/h7-13,15,19,25,28,30H,1-2,14,16-17H2,3-6H3/b21-10+,22-11+. The minimum atomic E-state index is -0.897. The summed E-state index contributed by atoms with van der Waals surface area (Å²) >= 11 is 0. The molecular weight excluding hydrogens is 420 g/mol. The average molecular weight is 455 g/mol. The third-order valence-electron chi connectivity index (χ3n) is 5.90. The zero-order valence-corrected chi connectivity index (χ0v) is 19.8. The second kappa shape index (κ2) is 11.7. The van der Waals surface area contributed by atoms with E-state index in [0.717, 1.165) is 28.8 Å². The number of ether oxygens (including phenoxy) is 3. The lowest BCUT2D eigenvalue weighted by atomic mass is 9.78. The molecule has 0 bridgehead atoms. The number of aldehydes is 1. The van der Waals surface area contributed by atoms with Crippen molar-refractivity contribution in [2.75, 3.05) is 26.9 Å². The van der Waals surface area contributed by atoms with Gasteiger partial charge in [-0.3, -0.25) is 4.79 Å². The van der Waals surface area contributed by atoms with Gasteiger partial charge in [0.05, 0.1) is 19.8 Å². The van der Waals surface area contributed by atoms with E-state index in [9.17, 15) is 15.0 Å². The van der Waals surface area contributed by atoms with E-state index in [1.54, 1.807) is 31.4 Å². The van der Waals surface area contributed by atoms with Crippen LogP contribution in [0.2, 0.25) is 0 Å². The van der Waals surface area contributed by atoms with Gasteiger partial charge in [0, 0.05) is 16.9 Å². The molecule has 6 nitrogen and oxygen atoms in total.